The van der Waals surface area contributed by atoms with Gasteiger partial charge in [0.05, 0.1) is 10.4 Å². The van der Waals surface area contributed by atoms with Crippen LogP contribution in [0.3, 0.4) is 0 Å². The van der Waals surface area contributed by atoms with E-state index in [4.69, 9.17) is 11.6 Å². The van der Waals surface area contributed by atoms with Crippen molar-refractivity contribution in [3.05, 3.63) is 39.2 Å². The van der Waals surface area contributed by atoms with E-state index in [1.807, 2.05) is 41.5 Å². The Kier molecular flexibility index (Phi) is 3.65. The number of halogens is 2. The van der Waals surface area contributed by atoms with Gasteiger partial charge in [-0.05, 0) is 32.9 Å². The van der Waals surface area contributed by atoms with E-state index in [2.05, 4.69) is 4.98 Å². The SMILES string of the molecule is CC(C)(C)c1nc2c(F)ccc(Cl)c2c(=O)n1C(C)(C)C. The van der Waals surface area contributed by atoms with Crippen molar-refractivity contribution in [1.29, 1.82) is 0 Å². The van der Waals surface area contributed by atoms with Gasteiger partial charge in [-0.25, -0.2) is 9.37 Å². The summed E-state index contributed by atoms with van der Waals surface area (Å²) in [7, 11) is 0. The van der Waals surface area contributed by atoms with Gasteiger partial charge in [0.2, 0.25) is 0 Å². The maximum absolute atomic E-state index is 14.1. The molecule has 0 radical (unpaired) electrons. The van der Waals surface area contributed by atoms with E-state index in [1.54, 1.807) is 4.57 Å². The molecule has 3 nitrogen and oxygen atoms in total. The van der Waals surface area contributed by atoms with Gasteiger partial charge in [0.25, 0.3) is 5.56 Å². The highest BCUT2D eigenvalue weighted by molar-refractivity contribution is 6.35. The first-order chi connectivity index (χ1) is 9.44. The van der Waals surface area contributed by atoms with Gasteiger partial charge in [-0.15, -0.1) is 0 Å². The molecule has 0 aliphatic heterocycles. The second-order valence-electron chi connectivity index (χ2n) is 7.25. The van der Waals surface area contributed by atoms with Crippen LogP contribution in [0.1, 0.15) is 47.4 Å². The van der Waals surface area contributed by atoms with Gasteiger partial charge in [0.1, 0.15) is 17.2 Å². The molecule has 1 aromatic heterocycles. The van der Waals surface area contributed by atoms with Crippen LogP contribution in [0.4, 0.5) is 4.39 Å². The Labute approximate surface area is 128 Å². The predicted molar refractivity (Wildman–Crippen MR) is 84.7 cm³/mol. The highest BCUT2D eigenvalue weighted by Crippen LogP contribution is 2.29. The molecule has 2 rings (SSSR count). The van der Waals surface area contributed by atoms with Crippen molar-refractivity contribution < 1.29 is 4.39 Å². The molecule has 0 saturated carbocycles. The first-order valence-corrected chi connectivity index (χ1v) is 7.24. The minimum atomic E-state index is -0.530. The van der Waals surface area contributed by atoms with E-state index in [-0.39, 0.29) is 21.5 Å². The second kappa shape index (κ2) is 4.80. The number of hydrogen-bond donors (Lipinski definition) is 0. The van der Waals surface area contributed by atoms with Crippen molar-refractivity contribution >= 4 is 22.5 Å². The maximum atomic E-state index is 14.1. The van der Waals surface area contributed by atoms with Gasteiger partial charge < -0.3 is 0 Å². The minimum absolute atomic E-state index is 0.0397. The van der Waals surface area contributed by atoms with Crippen molar-refractivity contribution in [1.82, 2.24) is 9.55 Å². The molecule has 0 aliphatic rings. The van der Waals surface area contributed by atoms with Crippen LogP contribution in [-0.2, 0) is 11.0 Å². The third-order valence-corrected chi connectivity index (χ3v) is 3.58. The zero-order valence-corrected chi connectivity index (χ0v) is 14.0. The van der Waals surface area contributed by atoms with Gasteiger partial charge in [-0.3, -0.25) is 9.36 Å². The molecule has 0 aliphatic carbocycles. The van der Waals surface area contributed by atoms with E-state index in [0.717, 1.165) is 0 Å². The summed E-state index contributed by atoms with van der Waals surface area (Å²) < 4.78 is 15.7. The van der Waals surface area contributed by atoms with Crippen LogP contribution in [0, 0.1) is 5.82 Å². The van der Waals surface area contributed by atoms with Crippen LogP contribution in [0.15, 0.2) is 16.9 Å². The van der Waals surface area contributed by atoms with Crippen LogP contribution >= 0.6 is 11.6 Å². The lowest BCUT2D eigenvalue weighted by Crippen LogP contribution is -2.41. The van der Waals surface area contributed by atoms with Crippen molar-refractivity contribution in [3.8, 4) is 0 Å². The lowest BCUT2D eigenvalue weighted by atomic mass is 9.93. The third kappa shape index (κ3) is 2.69. The van der Waals surface area contributed by atoms with E-state index < -0.39 is 16.8 Å². The third-order valence-electron chi connectivity index (χ3n) is 3.27. The Balaban J connectivity index is 3.11. The summed E-state index contributed by atoms with van der Waals surface area (Å²) >= 11 is 6.10. The Hall–Kier alpha value is -1.42. The molecule has 0 unspecified atom stereocenters. The van der Waals surface area contributed by atoms with Gasteiger partial charge in [0, 0.05) is 11.0 Å². The Morgan fingerprint density at radius 2 is 1.71 bits per heavy atom. The van der Waals surface area contributed by atoms with Crippen molar-refractivity contribution in [2.24, 2.45) is 0 Å². The highest BCUT2D eigenvalue weighted by atomic mass is 35.5. The summed E-state index contributed by atoms with van der Waals surface area (Å²) in [6.45, 7) is 11.6. The normalized spacial score (nSPS) is 13.0. The fourth-order valence-electron chi connectivity index (χ4n) is 2.34. The summed E-state index contributed by atoms with van der Waals surface area (Å²) in [5.41, 5.74) is -1.13. The maximum Gasteiger partial charge on any atom is 0.263 e. The van der Waals surface area contributed by atoms with Crippen molar-refractivity contribution in [2.75, 3.05) is 0 Å². The second-order valence-corrected chi connectivity index (χ2v) is 7.66. The Morgan fingerprint density at radius 3 is 2.19 bits per heavy atom. The molecule has 21 heavy (non-hydrogen) atoms. The van der Waals surface area contributed by atoms with Crippen molar-refractivity contribution in [3.63, 3.8) is 0 Å². The lowest BCUT2D eigenvalue weighted by Gasteiger charge is -2.31. The molecular weight excluding hydrogens is 291 g/mol. The Morgan fingerprint density at radius 1 is 1.14 bits per heavy atom. The average Bonchev–Trinajstić information content (AvgIpc) is 2.30. The fraction of sp³-hybridized carbons (Fsp3) is 0.500. The summed E-state index contributed by atoms with van der Waals surface area (Å²) in [5.74, 6) is 0.0201. The molecule has 0 atom stereocenters. The highest BCUT2D eigenvalue weighted by Gasteiger charge is 2.29. The van der Waals surface area contributed by atoms with Gasteiger partial charge >= 0.3 is 0 Å². The van der Waals surface area contributed by atoms with E-state index in [1.165, 1.54) is 12.1 Å². The molecule has 114 valence electrons. The molecule has 0 bridgehead atoms. The number of benzene rings is 1. The Bertz CT molecular complexity index is 767. The van der Waals surface area contributed by atoms with Crippen LogP contribution in [0.25, 0.3) is 10.9 Å². The fourth-order valence-corrected chi connectivity index (χ4v) is 2.58. The topological polar surface area (TPSA) is 34.9 Å². The average molecular weight is 311 g/mol. The number of aromatic nitrogens is 2. The molecule has 0 amide bonds. The molecule has 1 aromatic carbocycles. The molecule has 0 spiro atoms. The lowest BCUT2D eigenvalue weighted by molar-refractivity contribution is 0.337. The molecule has 5 heteroatoms. The monoisotopic (exact) mass is 310 g/mol. The zero-order valence-electron chi connectivity index (χ0n) is 13.2. The van der Waals surface area contributed by atoms with Crippen molar-refractivity contribution in [2.45, 2.75) is 52.5 Å². The van der Waals surface area contributed by atoms with Gasteiger partial charge in [-0.2, -0.15) is 0 Å². The van der Waals surface area contributed by atoms with Gasteiger partial charge in [-0.1, -0.05) is 32.4 Å². The van der Waals surface area contributed by atoms with Crippen LogP contribution < -0.4 is 5.56 Å². The summed E-state index contributed by atoms with van der Waals surface area (Å²) in [5, 5.41) is 0.363. The number of nitrogens with zero attached hydrogens (tertiary/aromatic N) is 2. The quantitative estimate of drug-likeness (QED) is 0.729. The smallest absolute Gasteiger partial charge is 0.263 e. The van der Waals surface area contributed by atoms with Gasteiger partial charge in [0.15, 0.2) is 0 Å². The standard InChI is InChI=1S/C16H20ClFN2O/c1-15(2,3)14-19-12-10(18)8-7-9(17)11(12)13(21)20(14)16(4,5)6/h7-8H,1-6H3. The molecule has 1 heterocycles. The molecule has 0 fully saturated rings. The van der Waals surface area contributed by atoms with E-state index >= 15 is 0 Å². The van der Waals surface area contributed by atoms with Crippen LogP contribution in [0.2, 0.25) is 5.02 Å². The van der Waals surface area contributed by atoms with E-state index in [9.17, 15) is 9.18 Å². The molecule has 2 aromatic rings. The van der Waals surface area contributed by atoms with Crippen LogP contribution in [-0.4, -0.2) is 9.55 Å². The molecule has 0 N–H and O–H groups in total. The summed E-state index contributed by atoms with van der Waals surface area (Å²) in [6.07, 6.45) is 0. The summed E-state index contributed by atoms with van der Waals surface area (Å²) in [4.78, 5) is 17.3. The largest absolute Gasteiger partial charge is 0.290 e. The summed E-state index contributed by atoms with van der Waals surface area (Å²) in [6, 6.07) is 2.64. The van der Waals surface area contributed by atoms with Crippen LogP contribution in [0.5, 0.6) is 0 Å². The number of fused-ring (bicyclic) bond motifs is 1. The molecular formula is C16H20ClFN2O. The molecule has 0 saturated heterocycles. The van der Waals surface area contributed by atoms with E-state index in [0.29, 0.717) is 5.82 Å². The zero-order chi connectivity index (χ0) is 16.2. The predicted octanol–water partition coefficient (Wildman–Crippen LogP) is 4.24. The number of rotatable bonds is 0. The first kappa shape index (κ1) is 16.0. The first-order valence-electron chi connectivity index (χ1n) is 6.86. The number of hydrogen-bond acceptors (Lipinski definition) is 2. The minimum Gasteiger partial charge on any atom is -0.290 e.